The minimum atomic E-state index is -3.40. The number of nitrogens with one attached hydrogen (secondary N) is 3. The average Bonchev–Trinajstić information content (AvgIpc) is 2.33. The molecular formula is C10H21N3O5S2. The smallest absolute Gasteiger partial charge is 0.326 e. The van der Waals surface area contributed by atoms with E-state index in [9.17, 15) is 18.0 Å². The number of rotatable bonds is 10. The van der Waals surface area contributed by atoms with Crippen molar-refractivity contribution in [3.05, 3.63) is 0 Å². The Morgan fingerprint density at radius 2 is 2.00 bits per heavy atom. The summed E-state index contributed by atoms with van der Waals surface area (Å²) in [5, 5.41) is 13.5. The first-order valence-electron chi connectivity index (χ1n) is 6.05. The molecule has 0 spiro atoms. The largest absolute Gasteiger partial charge is 0.480 e. The fourth-order valence-corrected chi connectivity index (χ4v) is 2.72. The van der Waals surface area contributed by atoms with E-state index in [2.05, 4.69) is 15.4 Å². The van der Waals surface area contributed by atoms with Gasteiger partial charge in [-0.1, -0.05) is 6.92 Å². The second-order valence-electron chi connectivity index (χ2n) is 3.89. The molecular weight excluding hydrogens is 306 g/mol. The van der Waals surface area contributed by atoms with Gasteiger partial charge in [0.15, 0.2) is 0 Å². The van der Waals surface area contributed by atoms with E-state index >= 15 is 0 Å². The van der Waals surface area contributed by atoms with Crippen LogP contribution in [0.2, 0.25) is 0 Å². The lowest BCUT2D eigenvalue weighted by atomic mass is 10.2. The van der Waals surface area contributed by atoms with Gasteiger partial charge >= 0.3 is 12.0 Å². The lowest BCUT2D eigenvalue weighted by molar-refractivity contribution is -0.139. The number of urea groups is 1. The van der Waals surface area contributed by atoms with Gasteiger partial charge in [-0.15, -0.1) is 0 Å². The molecule has 1 atom stereocenters. The van der Waals surface area contributed by atoms with Gasteiger partial charge in [0.25, 0.3) is 0 Å². The van der Waals surface area contributed by atoms with Gasteiger partial charge in [-0.05, 0) is 18.4 Å². The summed E-state index contributed by atoms with van der Waals surface area (Å²) in [7, 11) is -3.40. The molecule has 0 aromatic heterocycles. The predicted octanol–water partition coefficient (Wildman–Crippen LogP) is -0.569. The molecule has 118 valence electrons. The van der Waals surface area contributed by atoms with Crippen molar-refractivity contribution in [2.24, 2.45) is 0 Å². The van der Waals surface area contributed by atoms with Crippen molar-refractivity contribution in [3.8, 4) is 0 Å². The van der Waals surface area contributed by atoms with E-state index < -0.39 is 28.1 Å². The third-order valence-electron chi connectivity index (χ3n) is 2.23. The zero-order valence-electron chi connectivity index (χ0n) is 11.5. The molecule has 0 aliphatic rings. The van der Waals surface area contributed by atoms with Crippen LogP contribution in [0.5, 0.6) is 0 Å². The number of sulfonamides is 1. The lowest BCUT2D eigenvalue weighted by Gasteiger charge is -2.14. The first-order valence-corrected chi connectivity index (χ1v) is 9.10. The standard InChI is InChI=1S/C10H21N3O5S2/c1-3-12-20(17,18)7-5-11-10(16)13-8(9(14)15)4-6-19-2/h8,12H,3-7H2,1-2H3,(H,14,15)(H2,11,13,16)/t8-/m0/s1. The number of carbonyl (C=O) groups is 2. The normalized spacial score (nSPS) is 12.7. The molecule has 0 fully saturated rings. The van der Waals surface area contributed by atoms with Gasteiger partial charge < -0.3 is 15.7 Å². The monoisotopic (exact) mass is 327 g/mol. The molecule has 2 amide bonds. The van der Waals surface area contributed by atoms with Crippen LogP contribution in [0, 0.1) is 0 Å². The van der Waals surface area contributed by atoms with Crippen molar-refractivity contribution in [2.75, 3.05) is 30.9 Å². The second-order valence-corrected chi connectivity index (χ2v) is 6.80. The molecule has 10 heteroatoms. The molecule has 20 heavy (non-hydrogen) atoms. The Hall–Kier alpha value is -1.00. The van der Waals surface area contributed by atoms with E-state index in [1.807, 2.05) is 6.26 Å². The number of amides is 2. The van der Waals surface area contributed by atoms with Gasteiger partial charge in [0.2, 0.25) is 10.0 Å². The zero-order valence-corrected chi connectivity index (χ0v) is 13.1. The van der Waals surface area contributed by atoms with E-state index in [-0.39, 0.29) is 18.8 Å². The van der Waals surface area contributed by atoms with Crippen molar-refractivity contribution in [1.82, 2.24) is 15.4 Å². The Bertz CT molecular complexity index is 413. The number of aliphatic carboxylic acids is 1. The van der Waals surface area contributed by atoms with Gasteiger partial charge in [-0.3, -0.25) is 0 Å². The summed E-state index contributed by atoms with van der Waals surface area (Å²) in [5.41, 5.74) is 0. The number of carboxylic acids is 1. The molecule has 0 rings (SSSR count). The number of carbonyl (C=O) groups excluding carboxylic acids is 1. The summed E-state index contributed by atoms with van der Waals surface area (Å²) < 4.78 is 24.9. The maximum atomic E-state index is 11.5. The third kappa shape index (κ3) is 8.99. The molecule has 0 radical (unpaired) electrons. The van der Waals surface area contributed by atoms with Gasteiger partial charge in [-0.2, -0.15) is 11.8 Å². The first kappa shape index (κ1) is 19.0. The van der Waals surface area contributed by atoms with Crippen LogP contribution in [-0.4, -0.2) is 62.4 Å². The Balaban J connectivity index is 4.11. The van der Waals surface area contributed by atoms with Crippen LogP contribution in [0.25, 0.3) is 0 Å². The second kappa shape index (κ2) is 9.83. The van der Waals surface area contributed by atoms with E-state index in [4.69, 9.17) is 5.11 Å². The van der Waals surface area contributed by atoms with Crippen LogP contribution in [0.15, 0.2) is 0 Å². The van der Waals surface area contributed by atoms with Crippen LogP contribution in [-0.2, 0) is 14.8 Å². The van der Waals surface area contributed by atoms with Gasteiger partial charge in [0, 0.05) is 13.1 Å². The third-order valence-corrected chi connectivity index (χ3v) is 4.35. The average molecular weight is 327 g/mol. The van der Waals surface area contributed by atoms with Gasteiger partial charge in [-0.25, -0.2) is 22.7 Å². The summed E-state index contributed by atoms with van der Waals surface area (Å²) in [4.78, 5) is 22.4. The molecule has 0 saturated carbocycles. The first-order chi connectivity index (χ1) is 9.32. The van der Waals surface area contributed by atoms with Crippen molar-refractivity contribution in [2.45, 2.75) is 19.4 Å². The minimum absolute atomic E-state index is 0.0873. The molecule has 0 unspecified atom stereocenters. The highest BCUT2D eigenvalue weighted by molar-refractivity contribution is 7.98. The van der Waals surface area contributed by atoms with Crippen molar-refractivity contribution >= 4 is 33.8 Å². The van der Waals surface area contributed by atoms with Crippen LogP contribution < -0.4 is 15.4 Å². The Kier molecular flexibility index (Phi) is 9.34. The number of carboxylic acid groups (broad SMARTS) is 1. The SMILES string of the molecule is CCNS(=O)(=O)CCNC(=O)N[C@@H](CCSC)C(=O)O. The highest BCUT2D eigenvalue weighted by atomic mass is 32.2. The number of hydrogen-bond acceptors (Lipinski definition) is 5. The summed E-state index contributed by atoms with van der Waals surface area (Å²) >= 11 is 1.48. The quantitative estimate of drug-likeness (QED) is 0.426. The summed E-state index contributed by atoms with van der Waals surface area (Å²) in [6, 6.07) is -1.67. The Morgan fingerprint density at radius 1 is 1.35 bits per heavy atom. The summed E-state index contributed by atoms with van der Waals surface area (Å²) in [5.74, 6) is -0.766. The van der Waals surface area contributed by atoms with Crippen molar-refractivity contribution in [3.63, 3.8) is 0 Å². The zero-order chi connectivity index (χ0) is 15.6. The fourth-order valence-electron chi connectivity index (χ4n) is 1.29. The minimum Gasteiger partial charge on any atom is -0.480 e. The number of hydrogen-bond donors (Lipinski definition) is 4. The predicted molar refractivity (Wildman–Crippen MR) is 78.4 cm³/mol. The van der Waals surface area contributed by atoms with Crippen LogP contribution in [0.3, 0.4) is 0 Å². The van der Waals surface area contributed by atoms with E-state index in [1.165, 1.54) is 11.8 Å². The van der Waals surface area contributed by atoms with Crippen molar-refractivity contribution < 1.29 is 23.1 Å². The molecule has 8 nitrogen and oxygen atoms in total. The molecule has 0 aliphatic carbocycles. The van der Waals surface area contributed by atoms with Crippen LogP contribution >= 0.6 is 11.8 Å². The molecule has 0 bridgehead atoms. The van der Waals surface area contributed by atoms with E-state index in [0.29, 0.717) is 12.2 Å². The molecule has 0 aliphatic heterocycles. The van der Waals surface area contributed by atoms with Crippen LogP contribution in [0.1, 0.15) is 13.3 Å². The Labute approximate surface area is 123 Å². The molecule has 4 N–H and O–H groups in total. The Morgan fingerprint density at radius 3 is 2.50 bits per heavy atom. The van der Waals surface area contributed by atoms with E-state index in [0.717, 1.165) is 0 Å². The maximum absolute atomic E-state index is 11.5. The fraction of sp³-hybridized carbons (Fsp3) is 0.800. The summed E-state index contributed by atoms with van der Waals surface area (Å²) in [6.07, 6.45) is 2.14. The molecule has 0 saturated heterocycles. The molecule has 0 aromatic carbocycles. The highest BCUT2D eigenvalue weighted by Gasteiger charge is 2.19. The van der Waals surface area contributed by atoms with Crippen molar-refractivity contribution in [1.29, 1.82) is 0 Å². The van der Waals surface area contributed by atoms with Gasteiger partial charge in [0.1, 0.15) is 6.04 Å². The van der Waals surface area contributed by atoms with Crippen LogP contribution in [0.4, 0.5) is 4.79 Å². The molecule has 0 heterocycles. The topological polar surface area (TPSA) is 125 Å². The lowest BCUT2D eigenvalue weighted by Crippen LogP contribution is -2.47. The maximum Gasteiger partial charge on any atom is 0.326 e. The summed E-state index contributed by atoms with van der Waals surface area (Å²) in [6.45, 7) is 1.85. The number of thioether (sulfide) groups is 1. The molecule has 0 aromatic rings. The van der Waals surface area contributed by atoms with E-state index in [1.54, 1.807) is 6.92 Å². The highest BCUT2D eigenvalue weighted by Crippen LogP contribution is 2.00. The van der Waals surface area contributed by atoms with Gasteiger partial charge in [0.05, 0.1) is 5.75 Å².